The Morgan fingerprint density at radius 3 is 1.83 bits per heavy atom. The third-order valence-electron chi connectivity index (χ3n) is 3.95. The highest BCUT2D eigenvalue weighted by Gasteiger charge is 2.17. The van der Waals surface area contributed by atoms with Gasteiger partial charge in [0, 0.05) is 19.4 Å². The molecule has 1 N–H and O–H groups in total. The average Bonchev–Trinajstić information content (AvgIpc) is 2.88. The average molecular weight is 559 g/mol. The van der Waals surface area contributed by atoms with E-state index in [2.05, 4.69) is 33.9 Å². The minimum Gasteiger partial charge on any atom is -0.508 e. The van der Waals surface area contributed by atoms with Crippen LogP contribution in [0.15, 0.2) is 61.7 Å². The van der Waals surface area contributed by atoms with Crippen LogP contribution in [0.1, 0.15) is 20.7 Å². The van der Waals surface area contributed by atoms with Crippen LogP contribution in [0.2, 0.25) is 0 Å². The van der Waals surface area contributed by atoms with Gasteiger partial charge in [-0.25, -0.2) is 18.9 Å². The molecule has 0 bridgehead atoms. The SMILES string of the molecule is C=CCBr.C=CCOc1ccc(F)c(C(=O)N(C)OC)c1.CON(C)C(=O)c1cc(O)ccc1F. The zero-order chi connectivity index (χ0) is 27.0. The highest BCUT2D eigenvalue weighted by molar-refractivity contribution is 9.09. The normalized spacial score (nSPS) is 9.46. The van der Waals surface area contributed by atoms with Crippen molar-refractivity contribution in [1.29, 1.82) is 0 Å². The van der Waals surface area contributed by atoms with Crippen LogP contribution in [0.4, 0.5) is 8.78 Å². The monoisotopic (exact) mass is 558 g/mol. The van der Waals surface area contributed by atoms with Gasteiger partial charge in [0.25, 0.3) is 11.8 Å². The van der Waals surface area contributed by atoms with E-state index in [9.17, 15) is 18.4 Å². The number of allylic oxidation sites excluding steroid dienone is 1. The minimum atomic E-state index is -0.698. The second kappa shape index (κ2) is 17.2. The highest BCUT2D eigenvalue weighted by atomic mass is 79.9. The summed E-state index contributed by atoms with van der Waals surface area (Å²) in [5, 5.41) is 11.8. The number of phenolic OH excluding ortho intramolecular Hbond substituents is 1. The fraction of sp³-hybridized carbons (Fsp3) is 0.250. The standard InChI is InChI=1S/C12H14FNO3.C9H10FNO3.C3H5Br/c1-4-7-17-9-5-6-11(13)10(8-9)12(15)14(2)16-3;1-11(14-2)9(13)7-5-6(12)3-4-8(7)10;1-2-3-4/h4-6,8H,1,7H2,2-3H3;3-5,12H,1-2H3;2H,1,3H2. The van der Waals surface area contributed by atoms with Crippen LogP contribution < -0.4 is 4.74 Å². The number of ether oxygens (including phenoxy) is 1. The molecule has 2 rings (SSSR count). The van der Waals surface area contributed by atoms with Gasteiger partial charge in [0.05, 0.1) is 25.3 Å². The second-order valence-electron chi connectivity index (χ2n) is 6.32. The molecular weight excluding hydrogens is 530 g/mol. The van der Waals surface area contributed by atoms with Gasteiger partial charge in [-0.2, -0.15) is 0 Å². The molecule has 2 aromatic carbocycles. The lowest BCUT2D eigenvalue weighted by molar-refractivity contribution is -0.0760. The molecule has 0 aromatic heterocycles. The Balaban J connectivity index is 0.000000581. The summed E-state index contributed by atoms with van der Waals surface area (Å²) in [6.45, 7) is 7.22. The van der Waals surface area contributed by atoms with E-state index in [1.165, 1.54) is 52.6 Å². The van der Waals surface area contributed by atoms with Crippen LogP contribution in [0.25, 0.3) is 0 Å². The zero-order valence-electron chi connectivity index (χ0n) is 20.0. The number of hydroxylamine groups is 4. The Kier molecular flexibility index (Phi) is 15.6. The maximum atomic E-state index is 13.5. The molecule has 192 valence electrons. The first-order valence-electron chi connectivity index (χ1n) is 9.90. The third kappa shape index (κ3) is 11.1. The van der Waals surface area contributed by atoms with Gasteiger partial charge in [0.2, 0.25) is 0 Å². The highest BCUT2D eigenvalue weighted by Crippen LogP contribution is 2.19. The van der Waals surface area contributed by atoms with Gasteiger partial charge in [-0.1, -0.05) is 34.7 Å². The number of halogens is 3. The maximum absolute atomic E-state index is 13.5. The summed E-state index contributed by atoms with van der Waals surface area (Å²) in [5.74, 6) is -2.31. The predicted octanol–water partition coefficient (Wildman–Crippen LogP) is 4.76. The number of hydrogen-bond donors (Lipinski definition) is 1. The number of rotatable bonds is 8. The molecule has 0 saturated heterocycles. The van der Waals surface area contributed by atoms with Crippen molar-refractivity contribution in [1.82, 2.24) is 10.1 Å². The lowest BCUT2D eigenvalue weighted by Gasteiger charge is -2.14. The van der Waals surface area contributed by atoms with E-state index in [4.69, 9.17) is 14.7 Å². The van der Waals surface area contributed by atoms with Gasteiger partial charge in [0.1, 0.15) is 29.7 Å². The molecule has 0 unspecified atom stereocenters. The fourth-order valence-electron chi connectivity index (χ4n) is 2.10. The molecule has 0 saturated carbocycles. The van der Waals surface area contributed by atoms with Gasteiger partial charge < -0.3 is 9.84 Å². The Bertz CT molecular complexity index is 990. The summed E-state index contributed by atoms with van der Waals surface area (Å²) in [5.41, 5.74) is -0.328. The zero-order valence-corrected chi connectivity index (χ0v) is 21.6. The van der Waals surface area contributed by atoms with E-state index < -0.39 is 23.4 Å². The molecule has 35 heavy (non-hydrogen) atoms. The quantitative estimate of drug-likeness (QED) is 0.285. The van der Waals surface area contributed by atoms with Crippen LogP contribution in [0.5, 0.6) is 11.5 Å². The number of amides is 2. The van der Waals surface area contributed by atoms with E-state index in [1.54, 1.807) is 12.2 Å². The molecule has 0 aliphatic carbocycles. The third-order valence-corrected chi connectivity index (χ3v) is 4.40. The van der Waals surface area contributed by atoms with Crippen LogP contribution >= 0.6 is 15.9 Å². The Morgan fingerprint density at radius 2 is 1.40 bits per heavy atom. The fourth-order valence-corrected chi connectivity index (χ4v) is 2.10. The summed E-state index contributed by atoms with van der Waals surface area (Å²) in [6, 6.07) is 7.19. The number of phenols is 1. The Labute approximate surface area is 212 Å². The Morgan fingerprint density at radius 1 is 0.943 bits per heavy atom. The van der Waals surface area contributed by atoms with Crippen molar-refractivity contribution in [3.63, 3.8) is 0 Å². The van der Waals surface area contributed by atoms with E-state index in [0.29, 0.717) is 12.4 Å². The molecule has 2 amide bonds. The molecule has 0 atom stereocenters. The summed E-state index contributed by atoms with van der Waals surface area (Å²) in [7, 11) is 5.37. The second-order valence-corrected chi connectivity index (χ2v) is 6.97. The first-order valence-corrected chi connectivity index (χ1v) is 11.0. The number of carbonyl (C=O) groups excluding carboxylic acids is 2. The number of alkyl halides is 1. The molecule has 0 fully saturated rings. The smallest absolute Gasteiger partial charge is 0.280 e. The number of aromatic hydroxyl groups is 1. The van der Waals surface area contributed by atoms with Gasteiger partial charge in [0.15, 0.2) is 0 Å². The number of hydrogen-bond acceptors (Lipinski definition) is 6. The lowest BCUT2D eigenvalue weighted by Crippen LogP contribution is -2.26. The van der Waals surface area contributed by atoms with E-state index in [0.717, 1.165) is 27.6 Å². The molecule has 0 radical (unpaired) electrons. The molecule has 0 heterocycles. The first-order chi connectivity index (χ1) is 16.6. The molecular formula is C24H29BrF2N2O6. The maximum Gasteiger partial charge on any atom is 0.280 e. The van der Waals surface area contributed by atoms with Crippen molar-refractivity contribution >= 4 is 27.7 Å². The van der Waals surface area contributed by atoms with Crippen LogP contribution in [0, 0.1) is 11.6 Å². The van der Waals surface area contributed by atoms with Gasteiger partial charge in [-0.15, -0.1) is 6.58 Å². The van der Waals surface area contributed by atoms with Crippen molar-refractivity contribution in [2.45, 2.75) is 0 Å². The summed E-state index contributed by atoms with van der Waals surface area (Å²) < 4.78 is 31.8. The molecule has 0 aliphatic heterocycles. The Hall–Kier alpha value is -3.28. The van der Waals surface area contributed by atoms with Gasteiger partial charge >= 0.3 is 0 Å². The molecule has 8 nitrogen and oxygen atoms in total. The number of benzene rings is 2. The van der Waals surface area contributed by atoms with Gasteiger partial charge in [-0.3, -0.25) is 19.3 Å². The van der Waals surface area contributed by atoms with Crippen molar-refractivity contribution in [3.8, 4) is 11.5 Å². The summed E-state index contributed by atoms with van der Waals surface area (Å²) >= 11 is 3.13. The van der Waals surface area contributed by atoms with Gasteiger partial charge in [-0.05, 0) is 36.4 Å². The van der Waals surface area contributed by atoms with Crippen LogP contribution in [-0.2, 0) is 9.68 Å². The van der Waals surface area contributed by atoms with E-state index >= 15 is 0 Å². The van der Waals surface area contributed by atoms with Crippen LogP contribution in [-0.4, -0.2) is 67.3 Å². The predicted molar refractivity (Wildman–Crippen MR) is 132 cm³/mol. The van der Waals surface area contributed by atoms with Crippen LogP contribution in [0.3, 0.4) is 0 Å². The number of nitrogens with zero attached hydrogens (tertiary/aromatic N) is 2. The van der Waals surface area contributed by atoms with E-state index in [1.807, 2.05) is 0 Å². The van der Waals surface area contributed by atoms with Crippen molar-refractivity contribution in [3.05, 3.63) is 84.5 Å². The summed E-state index contributed by atoms with van der Waals surface area (Å²) in [6.07, 6.45) is 3.35. The molecule has 2 aromatic rings. The molecule has 0 spiro atoms. The minimum absolute atomic E-state index is 0.101. The number of carbonyl (C=O) groups is 2. The molecule has 11 heteroatoms. The first kappa shape index (κ1) is 31.7. The largest absolute Gasteiger partial charge is 0.508 e. The van der Waals surface area contributed by atoms with E-state index in [-0.39, 0.29) is 16.9 Å². The van der Waals surface area contributed by atoms with Crippen molar-refractivity contribution in [2.75, 3.05) is 40.3 Å². The summed E-state index contributed by atoms with van der Waals surface area (Å²) in [4.78, 5) is 32.4. The molecule has 0 aliphatic rings. The lowest BCUT2D eigenvalue weighted by atomic mass is 10.2. The topological polar surface area (TPSA) is 88.5 Å². The van der Waals surface area contributed by atoms with Crippen molar-refractivity contribution < 1.29 is 37.9 Å². The van der Waals surface area contributed by atoms with Crippen molar-refractivity contribution in [2.24, 2.45) is 0 Å².